The topological polar surface area (TPSA) is 76.5 Å². The SMILES string of the molecule is CSCCC(C)N(C)S(=O)(=O)c1cc(CN)oc1C. The lowest BCUT2D eigenvalue weighted by atomic mass is 10.3. The number of nitrogens with two attached hydrogens (primary N) is 1. The van der Waals surface area contributed by atoms with Crippen LogP contribution in [-0.4, -0.2) is 37.8 Å². The highest BCUT2D eigenvalue weighted by Crippen LogP contribution is 2.24. The molecule has 1 heterocycles. The number of rotatable bonds is 7. The quantitative estimate of drug-likeness (QED) is 0.831. The van der Waals surface area contributed by atoms with Crippen LogP contribution >= 0.6 is 11.8 Å². The van der Waals surface area contributed by atoms with E-state index >= 15 is 0 Å². The molecule has 1 unspecified atom stereocenters. The zero-order chi connectivity index (χ0) is 14.6. The van der Waals surface area contributed by atoms with Gasteiger partial charge in [0.05, 0.1) is 6.54 Å². The molecule has 0 aromatic carbocycles. The summed E-state index contributed by atoms with van der Waals surface area (Å²) in [5, 5.41) is 0. The summed E-state index contributed by atoms with van der Waals surface area (Å²) in [6.45, 7) is 3.75. The largest absolute Gasteiger partial charge is 0.464 e. The van der Waals surface area contributed by atoms with E-state index in [0.717, 1.165) is 12.2 Å². The Morgan fingerprint density at radius 1 is 1.53 bits per heavy atom. The molecule has 19 heavy (non-hydrogen) atoms. The number of thioether (sulfide) groups is 1. The van der Waals surface area contributed by atoms with Gasteiger partial charge in [-0.2, -0.15) is 16.1 Å². The minimum atomic E-state index is -3.51. The van der Waals surface area contributed by atoms with E-state index in [4.69, 9.17) is 10.2 Å². The van der Waals surface area contributed by atoms with E-state index in [1.165, 1.54) is 10.4 Å². The van der Waals surface area contributed by atoms with Gasteiger partial charge in [0.25, 0.3) is 0 Å². The Labute approximate surface area is 119 Å². The standard InChI is InChI=1S/C12H22N2O3S2/c1-9(5-6-18-4)14(3)19(15,16)12-7-11(8-13)17-10(12)2/h7,9H,5-6,8,13H2,1-4H3. The normalized spacial score (nSPS) is 14.0. The van der Waals surface area contributed by atoms with Crippen molar-refractivity contribution >= 4 is 21.8 Å². The highest BCUT2D eigenvalue weighted by atomic mass is 32.2. The minimum Gasteiger partial charge on any atom is -0.464 e. The van der Waals surface area contributed by atoms with Gasteiger partial charge in [0, 0.05) is 19.2 Å². The first kappa shape index (κ1) is 16.6. The number of nitrogens with zero attached hydrogens (tertiary/aromatic N) is 1. The van der Waals surface area contributed by atoms with Crippen LogP contribution in [0.4, 0.5) is 0 Å². The van der Waals surface area contributed by atoms with Crippen molar-refractivity contribution in [1.82, 2.24) is 4.31 Å². The highest BCUT2D eigenvalue weighted by Gasteiger charge is 2.28. The smallest absolute Gasteiger partial charge is 0.246 e. The number of hydrogen-bond donors (Lipinski definition) is 1. The first-order valence-corrected chi connectivity index (χ1v) is 8.94. The summed E-state index contributed by atoms with van der Waals surface area (Å²) in [5.74, 6) is 1.81. The summed E-state index contributed by atoms with van der Waals surface area (Å²) in [6, 6.07) is 1.47. The second-order valence-electron chi connectivity index (χ2n) is 4.49. The van der Waals surface area contributed by atoms with Gasteiger partial charge in [0.1, 0.15) is 16.4 Å². The molecule has 2 N–H and O–H groups in total. The van der Waals surface area contributed by atoms with Crippen molar-refractivity contribution in [2.75, 3.05) is 19.1 Å². The Morgan fingerprint density at radius 2 is 2.16 bits per heavy atom. The molecule has 0 amide bonds. The maximum absolute atomic E-state index is 12.5. The number of aryl methyl sites for hydroxylation is 1. The molecule has 7 heteroatoms. The van der Waals surface area contributed by atoms with Gasteiger partial charge >= 0.3 is 0 Å². The van der Waals surface area contributed by atoms with E-state index in [1.807, 2.05) is 13.2 Å². The number of hydrogen-bond acceptors (Lipinski definition) is 5. The third kappa shape index (κ3) is 3.75. The summed E-state index contributed by atoms with van der Waals surface area (Å²) in [5.41, 5.74) is 5.47. The minimum absolute atomic E-state index is 0.0481. The molecular weight excluding hydrogens is 284 g/mol. The summed E-state index contributed by atoms with van der Waals surface area (Å²) in [6.07, 6.45) is 2.83. The van der Waals surface area contributed by atoms with Crippen LogP contribution in [0.5, 0.6) is 0 Å². The maximum Gasteiger partial charge on any atom is 0.246 e. The van der Waals surface area contributed by atoms with Crippen molar-refractivity contribution in [3.8, 4) is 0 Å². The van der Waals surface area contributed by atoms with Gasteiger partial charge in [0.2, 0.25) is 10.0 Å². The molecule has 0 radical (unpaired) electrons. The lowest BCUT2D eigenvalue weighted by Crippen LogP contribution is -2.35. The molecule has 1 rings (SSSR count). The van der Waals surface area contributed by atoms with Gasteiger partial charge in [-0.15, -0.1) is 0 Å². The van der Waals surface area contributed by atoms with Crippen LogP contribution in [0.15, 0.2) is 15.4 Å². The number of furan rings is 1. The molecule has 110 valence electrons. The molecule has 0 bridgehead atoms. The lowest BCUT2D eigenvalue weighted by molar-refractivity contribution is 0.381. The van der Waals surface area contributed by atoms with Gasteiger partial charge in [-0.1, -0.05) is 0 Å². The molecule has 1 aromatic heterocycles. The van der Waals surface area contributed by atoms with Gasteiger partial charge in [0.15, 0.2) is 0 Å². The van der Waals surface area contributed by atoms with Crippen molar-refractivity contribution in [2.45, 2.75) is 37.8 Å². The van der Waals surface area contributed by atoms with E-state index < -0.39 is 10.0 Å². The summed E-state index contributed by atoms with van der Waals surface area (Å²) < 4.78 is 31.7. The summed E-state index contributed by atoms with van der Waals surface area (Å²) in [7, 11) is -1.91. The molecule has 0 aliphatic heterocycles. The second-order valence-corrected chi connectivity index (χ2v) is 7.44. The summed E-state index contributed by atoms with van der Waals surface area (Å²) in [4.78, 5) is 0.214. The van der Waals surface area contributed by atoms with Crippen LogP contribution in [0.3, 0.4) is 0 Å². The maximum atomic E-state index is 12.5. The first-order valence-electron chi connectivity index (χ1n) is 6.11. The van der Waals surface area contributed by atoms with E-state index in [2.05, 4.69) is 0 Å². The average molecular weight is 306 g/mol. The molecule has 0 aliphatic rings. The van der Waals surface area contributed by atoms with Gasteiger partial charge in [-0.25, -0.2) is 8.42 Å². The molecule has 1 aromatic rings. The van der Waals surface area contributed by atoms with Gasteiger partial charge in [-0.05, 0) is 32.3 Å². The second kappa shape index (κ2) is 6.78. The van der Waals surface area contributed by atoms with E-state index in [-0.39, 0.29) is 17.5 Å². The molecule has 0 saturated carbocycles. The lowest BCUT2D eigenvalue weighted by Gasteiger charge is -2.23. The predicted molar refractivity (Wildman–Crippen MR) is 78.7 cm³/mol. The average Bonchev–Trinajstić information content (AvgIpc) is 2.76. The van der Waals surface area contributed by atoms with Crippen LogP contribution in [0, 0.1) is 6.92 Å². The Bertz CT molecular complexity index is 511. The highest BCUT2D eigenvalue weighted by molar-refractivity contribution is 7.98. The van der Waals surface area contributed by atoms with Crippen molar-refractivity contribution in [3.63, 3.8) is 0 Å². The monoisotopic (exact) mass is 306 g/mol. The van der Waals surface area contributed by atoms with Crippen LogP contribution in [0.1, 0.15) is 24.9 Å². The van der Waals surface area contributed by atoms with E-state index in [1.54, 1.807) is 25.7 Å². The molecule has 0 fully saturated rings. The first-order chi connectivity index (χ1) is 8.84. The van der Waals surface area contributed by atoms with Crippen LogP contribution < -0.4 is 5.73 Å². The fraction of sp³-hybridized carbons (Fsp3) is 0.667. The van der Waals surface area contributed by atoms with Crippen LogP contribution in [0.25, 0.3) is 0 Å². The Hall–Kier alpha value is -0.500. The van der Waals surface area contributed by atoms with Crippen molar-refractivity contribution in [1.29, 1.82) is 0 Å². The van der Waals surface area contributed by atoms with Gasteiger partial charge in [-0.3, -0.25) is 0 Å². The molecule has 0 spiro atoms. The van der Waals surface area contributed by atoms with E-state index in [0.29, 0.717) is 11.5 Å². The predicted octanol–water partition coefficient (Wildman–Crippen LogP) is 1.81. The number of sulfonamides is 1. The van der Waals surface area contributed by atoms with Crippen molar-refractivity contribution in [2.24, 2.45) is 5.73 Å². The summed E-state index contributed by atoms with van der Waals surface area (Å²) >= 11 is 1.71. The molecular formula is C12H22N2O3S2. The molecule has 0 saturated heterocycles. The van der Waals surface area contributed by atoms with Crippen LogP contribution in [0.2, 0.25) is 0 Å². The molecule has 5 nitrogen and oxygen atoms in total. The molecule has 1 atom stereocenters. The third-order valence-electron chi connectivity index (χ3n) is 3.14. The fourth-order valence-corrected chi connectivity index (χ4v) is 3.89. The van der Waals surface area contributed by atoms with Crippen LogP contribution in [-0.2, 0) is 16.6 Å². The molecule has 0 aliphatic carbocycles. The van der Waals surface area contributed by atoms with Gasteiger partial charge < -0.3 is 10.2 Å². The zero-order valence-electron chi connectivity index (χ0n) is 11.8. The third-order valence-corrected chi connectivity index (χ3v) is 5.87. The Kier molecular flexibility index (Phi) is 5.91. The van der Waals surface area contributed by atoms with E-state index in [9.17, 15) is 8.42 Å². The Balaban J connectivity index is 2.99. The van der Waals surface area contributed by atoms with Crippen molar-refractivity contribution < 1.29 is 12.8 Å². The fourth-order valence-electron chi connectivity index (χ4n) is 1.74. The zero-order valence-corrected chi connectivity index (χ0v) is 13.5. The Morgan fingerprint density at radius 3 is 2.63 bits per heavy atom. The van der Waals surface area contributed by atoms with Crippen molar-refractivity contribution in [3.05, 3.63) is 17.6 Å².